The van der Waals surface area contributed by atoms with E-state index in [9.17, 15) is 26.4 Å². The number of anilines is 1. The molecule has 0 unspecified atom stereocenters. The van der Waals surface area contributed by atoms with E-state index < -0.39 is 33.7 Å². The minimum absolute atomic E-state index is 0.0322. The predicted molar refractivity (Wildman–Crippen MR) is 141 cm³/mol. The number of sulfonamides is 1. The lowest BCUT2D eigenvalue weighted by molar-refractivity contribution is -0.137. The van der Waals surface area contributed by atoms with Crippen molar-refractivity contribution < 1.29 is 26.4 Å². The summed E-state index contributed by atoms with van der Waals surface area (Å²) in [6.07, 6.45) is -0.361. The van der Waals surface area contributed by atoms with Gasteiger partial charge in [0.25, 0.3) is 10.0 Å². The maximum Gasteiger partial charge on any atom is 0.416 e. The Morgan fingerprint density at radius 2 is 1.64 bits per heavy atom. The molecule has 1 aliphatic heterocycles. The first-order chi connectivity index (χ1) is 18.6. The van der Waals surface area contributed by atoms with Gasteiger partial charge in [0.1, 0.15) is 6.04 Å². The van der Waals surface area contributed by atoms with E-state index in [1.54, 1.807) is 48.8 Å². The number of pyridine rings is 1. The molecule has 1 aliphatic rings. The van der Waals surface area contributed by atoms with Gasteiger partial charge in [0.2, 0.25) is 5.91 Å². The molecule has 6 nitrogen and oxygen atoms in total. The van der Waals surface area contributed by atoms with Crippen molar-refractivity contribution in [2.45, 2.75) is 36.4 Å². The van der Waals surface area contributed by atoms with E-state index in [0.717, 1.165) is 22.0 Å². The molecule has 200 valence electrons. The van der Waals surface area contributed by atoms with E-state index in [-0.39, 0.29) is 17.7 Å². The lowest BCUT2D eigenvalue weighted by atomic mass is 9.98. The van der Waals surface area contributed by atoms with E-state index >= 15 is 0 Å². The van der Waals surface area contributed by atoms with Gasteiger partial charge in [-0.25, -0.2) is 8.42 Å². The second kappa shape index (κ2) is 10.2. The normalized spacial score (nSPS) is 15.3. The number of halogens is 3. The van der Waals surface area contributed by atoms with Crippen LogP contribution in [0.2, 0.25) is 0 Å². The van der Waals surface area contributed by atoms with Crippen LogP contribution in [0, 0.1) is 0 Å². The number of nitrogens with zero attached hydrogens (tertiary/aromatic N) is 2. The molecule has 2 N–H and O–H groups in total. The Bertz CT molecular complexity index is 1640. The molecule has 0 saturated carbocycles. The number of aromatic nitrogens is 1. The predicted octanol–water partition coefficient (Wildman–Crippen LogP) is 5.16. The summed E-state index contributed by atoms with van der Waals surface area (Å²) >= 11 is 0. The Labute approximate surface area is 224 Å². The quantitative estimate of drug-likeness (QED) is 0.344. The van der Waals surface area contributed by atoms with Crippen LogP contribution in [0.15, 0.2) is 96.2 Å². The standard InChI is InChI=1S/C29H24F3N3O3S/c30-29(31,32)24-6-3-5-20(17-24)21-10-11-27(23(16-21)9-8-19-12-14-34-15-13-19)39(37,38)35-25-7-2-1-4-22(25)18-26(35)28(33)36/h1-7,10-17,26H,8-9,18H2,(H2,33,36)/t26-/m0/s1. The Balaban J connectivity index is 1.62. The minimum Gasteiger partial charge on any atom is -0.368 e. The first-order valence-corrected chi connectivity index (χ1v) is 13.6. The Kier molecular flexibility index (Phi) is 6.90. The van der Waals surface area contributed by atoms with Gasteiger partial charge < -0.3 is 5.73 Å². The van der Waals surface area contributed by atoms with Crippen LogP contribution in [-0.4, -0.2) is 25.4 Å². The average Bonchev–Trinajstić information content (AvgIpc) is 3.33. The number of aryl methyl sites for hydroxylation is 2. The average molecular weight is 552 g/mol. The molecule has 1 aromatic heterocycles. The fraction of sp³-hybridized carbons (Fsp3) is 0.172. The van der Waals surface area contributed by atoms with Crippen molar-refractivity contribution in [2.24, 2.45) is 5.73 Å². The molecule has 2 heterocycles. The smallest absolute Gasteiger partial charge is 0.368 e. The molecule has 0 spiro atoms. The van der Waals surface area contributed by atoms with E-state index in [0.29, 0.717) is 34.4 Å². The highest BCUT2D eigenvalue weighted by molar-refractivity contribution is 7.93. The fourth-order valence-corrected chi connectivity index (χ4v) is 6.78. The highest BCUT2D eigenvalue weighted by Gasteiger charge is 2.42. The summed E-state index contributed by atoms with van der Waals surface area (Å²) in [7, 11) is -4.27. The van der Waals surface area contributed by atoms with Gasteiger partial charge in [-0.2, -0.15) is 13.2 Å². The van der Waals surface area contributed by atoms with Crippen molar-refractivity contribution in [3.8, 4) is 11.1 Å². The number of para-hydroxylation sites is 1. The van der Waals surface area contributed by atoms with Gasteiger partial charge in [0.15, 0.2) is 0 Å². The maximum absolute atomic E-state index is 14.1. The van der Waals surface area contributed by atoms with Crippen molar-refractivity contribution in [1.29, 1.82) is 0 Å². The molecule has 3 aromatic carbocycles. The second-order valence-electron chi connectivity index (χ2n) is 9.31. The molecule has 0 radical (unpaired) electrons. The van der Waals surface area contributed by atoms with Crippen LogP contribution in [0.4, 0.5) is 18.9 Å². The summed E-state index contributed by atoms with van der Waals surface area (Å²) in [5, 5.41) is 0. The molecule has 10 heteroatoms. The monoisotopic (exact) mass is 551 g/mol. The van der Waals surface area contributed by atoms with Crippen LogP contribution in [0.3, 0.4) is 0 Å². The number of amides is 1. The van der Waals surface area contributed by atoms with E-state index in [4.69, 9.17) is 5.73 Å². The molecule has 4 aromatic rings. The molecule has 39 heavy (non-hydrogen) atoms. The van der Waals surface area contributed by atoms with Crippen LogP contribution < -0.4 is 10.0 Å². The number of carbonyl (C=O) groups excluding carboxylic acids is 1. The van der Waals surface area contributed by atoms with E-state index in [1.165, 1.54) is 18.2 Å². The SMILES string of the molecule is NC(=O)[C@@H]1Cc2ccccc2N1S(=O)(=O)c1ccc(-c2cccc(C(F)(F)F)c2)cc1CCc1ccncc1. The lowest BCUT2D eigenvalue weighted by Gasteiger charge is -2.26. The Morgan fingerprint density at radius 1 is 0.923 bits per heavy atom. The third-order valence-corrected chi connectivity index (χ3v) is 8.73. The summed E-state index contributed by atoms with van der Waals surface area (Å²) in [6.45, 7) is 0. The third kappa shape index (κ3) is 5.24. The zero-order chi connectivity index (χ0) is 27.8. The molecule has 0 saturated heterocycles. The molecule has 1 amide bonds. The van der Waals surface area contributed by atoms with Crippen LogP contribution in [0.25, 0.3) is 11.1 Å². The van der Waals surface area contributed by atoms with Crippen molar-refractivity contribution in [2.75, 3.05) is 4.31 Å². The number of hydrogen-bond acceptors (Lipinski definition) is 4. The summed E-state index contributed by atoms with van der Waals surface area (Å²) < 4.78 is 69.4. The number of primary amides is 1. The highest BCUT2D eigenvalue weighted by Crippen LogP contribution is 2.39. The van der Waals surface area contributed by atoms with Gasteiger partial charge in [-0.1, -0.05) is 36.4 Å². The van der Waals surface area contributed by atoms with Gasteiger partial charge in [-0.3, -0.25) is 14.1 Å². The van der Waals surface area contributed by atoms with Gasteiger partial charge in [0, 0.05) is 18.8 Å². The first kappa shape index (κ1) is 26.4. The van der Waals surface area contributed by atoms with Gasteiger partial charge in [-0.05, 0) is 83.1 Å². The molecule has 5 rings (SSSR count). The summed E-state index contributed by atoms with van der Waals surface area (Å²) in [4.78, 5) is 16.3. The Morgan fingerprint density at radius 3 is 2.36 bits per heavy atom. The second-order valence-corrected chi connectivity index (χ2v) is 11.1. The van der Waals surface area contributed by atoms with Gasteiger partial charge >= 0.3 is 6.18 Å². The van der Waals surface area contributed by atoms with Gasteiger partial charge in [0.05, 0.1) is 16.1 Å². The zero-order valence-corrected chi connectivity index (χ0v) is 21.4. The van der Waals surface area contributed by atoms with Crippen LogP contribution in [-0.2, 0) is 40.3 Å². The summed E-state index contributed by atoms with van der Waals surface area (Å²) in [5.74, 6) is -0.770. The summed E-state index contributed by atoms with van der Waals surface area (Å²) in [6, 6.07) is 18.7. The van der Waals surface area contributed by atoms with E-state index in [1.807, 2.05) is 12.1 Å². The topological polar surface area (TPSA) is 93.4 Å². The zero-order valence-electron chi connectivity index (χ0n) is 20.6. The highest BCUT2D eigenvalue weighted by atomic mass is 32.2. The van der Waals surface area contributed by atoms with E-state index in [2.05, 4.69) is 4.98 Å². The minimum atomic E-state index is -4.52. The van der Waals surface area contributed by atoms with Crippen molar-refractivity contribution >= 4 is 21.6 Å². The molecular weight excluding hydrogens is 527 g/mol. The number of carbonyl (C=O) groups is 1. The Hall–Kier alpha value is -4.18. The first-order valence-electron chi connectivity index (χ1n) is 12.2. The van der Waals surface area contributed by atoms with Crippen LogP contribution in [0.5, 0.6) is 0 Å². The van der Waals surface area contributed by atoms with Crippen LogP contribution in [0.1, 0.15) is 22.3 Å². The molecule has 0 bridgehead atoms. The fourth-order valence-electron chi connectivity index (χ4n) is 4.89. The number of rotatable bonds is 7. The molecule has 0 fully saturated rings. The number of nitrogens with two attached hydrogens (primary N) is 1. The third-order valence-electron chi connectivity index (χ3n) is 6.81. The molecular formula is C29H24F3N3O3S. The number of fused-ring (bicyclic) bond motifs is 1. The molecule has 1 atom stereocenters. The largest absolute Gasteiger partial charge is 0.416 e. The number of hydrogen-bond donors (Lipinski definition) is 1. The van der Waals surface area contributed by atoms with Crippen molar-refractivity contribution in [3.05, 3.63) is 114 Å². The van der Waals surface area contributed by atoms with Crippen molar-refractivity contribution in [3.63, 3.8) is 0 Å². The maximum atomic E-state index is 14.1. The lowest BCUT2D eigenvalue weighted by Crippen LogP contribution is -2.46. The van der Waals surface area contributed by atoms with Gasteiger partial charge in [-0.15, -0.1) is 0 Å². The van der Waals surface area contributed by atoms with Crippen LogP contribution >= 0.6 is 0 Å². The van der Waals surface area contributed by atoms with Crippen molar-refractivity contribution in [1.82, 2.24) is 4.98 Å². The summed E-state index contributed by atoms with van der Waals surface area (Å²) in [5.41, 5.74) is 7.96. The number of benzene rings is 3. The number of alkyl halides is 3. The molecule has 0 aliphatic carbocycles.